The Morgan fingerprint density at radius 1 is 1.56 bits per heavy atom. The van der Waals surface area contributed by atoms with E-state index in [1.54, 1.807) is 6.92 Å². The lowest BCUT2D eigenvalue weighted by Gasteiger charge is -2.05. The van der Waals surface area contributed by atoms with Gasteiger partial charge < -0.3 is 4.74 Å². The van der Waals surface area contributed by atoms with E-state index in [0.29, 0.717) is 0 Å². The first kappa shape index (κ1) is 12.6. The van der Waals surface area contributed by atoms with Crippen LogP contribution in [-0.2, 0) is 0 Å². The highest BCUT2D eigenvalue weighted by atomic mass is 79.9. The van der Waals surface area contributed by atoms with E-state index in [4.69, 9.17) is 4.74 Å². The number of nitrogens with zero attached hydrogens (tertiary/aromatic N) is 1. The molecule has 0 N–H and O–H groups in total. The van der Waals surface area contributed by atoms with Crippen molar-refractivity contribution in [2.45, 2.75) is 11.8 Å². The Labute approximate surface area is 101 Å². The van der Waals surface area contributed by atoms with Crippen molar-refractivity contribution in [1.82, 2.24) is 0 Å². The maximum atomic E-state index is 11.6. The Morgan fingerprint density at radius 3 is 2.62 bits per heavy atom. The number of ether oxygens (including phenoxy) is 1. The molecule has 1 rings (SSSR count). The van der Waals surface area contributed by atoms with Crippen LogP contribution in [0.2, 0.25) is 0 Å². The van der Waals surface area contributed by atoms with Gasteiger partial charge in [-0.1, -0.05) is 15.9 Å². The Morgan fingerprint density at radius 2 is 2.19 bits per heavy atom. The van der Waals surface area contributed by atoms with Gasteiger partial charge in [0.25, 0.3) is 0 Å². The molecule has 0 heterocycles. The summed E-state index contributed by atoms with van der Waals surface area (Å²) in [5.41, 5.74) is 0.0818. The van der Waals surface area contributed by atoms with Crippen LogP contribution in [0.4, 0.5) is 5.69 Å². The molecule has 1 atom stereocenters. The quantitative estimate of drug-likeness (QED) is 0.369. The van der Waals surface area contributed by atoms with Crippen molar-refractivity contribution in [3.8, 4) is 5.75 Å². The van der Waals surface area contributed by atoms with Gasteiger partial charge in [0.1, 0.15) is 0 Å². The van der Waals surface area contributed by atoms with Gasteiger partial charge >= 0.3 is 5.69 Å². The second-order valence-corrected chi connectivity index (χ2v) is 4.50. The fourth-order valence-electron chi connectivity index (χ4n) is 1.22. The minimum absolute atomic E-state index is 0.142. The minimum atomic E-state index is -0.575. The Hall–Kier alpha value is -1.43. The van der Waals surface area contributed by atoms with Crippen molar-refractivity contribution in [3.63, 3.8) is 0 Å². The molecule has 0 amide bonds. The molecular formula is C10H10BrNO4. The number of benzene rings is 1. The van der Waals surface area contributed by atoms with E-state index < -0.39 is 4.92 Å². The summed E-state index contributed by atoms with van der Waals surface area (Å²) < 4.78 is 4.84. The molecule has 1 aromatic rings. The first-order valence-electron chi connectivity index (χ1n) is 4.48. The van der Waals surface area contributed by atoms with Crippen molar-refractivity contribution in [3.05, 3.63) is 33.9 Å². The zero-order valence-electron chi connectivity index (χ0n) is 8.77. The number of hydrogen-bond donors (Lipinski definition) is 0. The largest absolute Gasteiger partial charge is 0.490 e. The number of hydrogen-bond acceptors (Lipinski definition) is 4. The lowest BCUT2D eigenvalue weighted by atomic mass is 10.1. The van der Waals surface area contributed by atoms with Crippen molar-refractivity contribution < 1.29 is 14.5 Å². The van der Waals surface area contributed by atoms with Gasteiger partial charge in [-0.05, 0) is 19.1 Å². The minimum Gasteiger partial charge on any atom is -0.490 e. The van der Waals surface area contributed by atoms with Crippen molar-refractivity contribution in [2.75, 3.05) is 7.11 Å². The van der Waals surface area contributed by atoms with E-state index >= 15 is 0 Å². The van der Waals surface area contributed by atoms with Crippen LogP contribution >= 0.6 is 15.9 Å². The summed E-state index contributed by atoms with van der Waals surface area (Å²) >= 11 is 3.12. The van der Waals surface area contributed by atoms with Crippen LogP contribution < -0.4 is 4.74 Å². The molecule has 0 aliphatic heterocycles. The zero-order valence-corrected chi connectivity index (χ0v) is 10.4. The summed E-state index contributed by atoms with van der Waals surface area (Å²) in [7, 11) is 1.34. The van der Waals surface area contributed by atoms with Crippen LogP contribution in [0.1, 0.15) is 17.3 Å². The van der Waals surface area contributed by atoms with E-state index in [0.717, 1.165) is 0 Å². The molecule has 16 heavy (non-hydrogen) atoms. The third-order valence-electron chi connectivity index (χ3n) is 2.02. The number of methoxy groups -OCH3 is 1. The number of ketones is 1. The molecule has 0 bridgehead atoms. The first-order valence-corrected chi connectivity index (χ1v) is 5.39. The fourth-order valence-corrected chi connectivity index (χ4v) is 1.48. The smallest absolute Gasteiger partial charge is 0.311 e. The summed E-state index contributed by atoms with van der Waals surface area (Å²) in [6.45, 7) is 1.67. The topological polar surface area (TPSA) is 69.4 Å². The number of Topliss-reactive ketones (excluding diaryl/α,β-unsaturated/α-hetero) is 1. The van der Waals surface area contributed by atoms with Gasteiger partial charge in [-0.25, -0.2) is 0 Å². The molecule has 0 radical (unpaired) electrons. The molecule has 0 saturated carbocycles. The van der Waals surface area contributed by atoms with E-state index in [1.165, 1.54) is 25.3 Å². The maximum absolute atomic E-state index is 11.6. The predicted octanol–water partition coefficient (Wildman–Crippen LogP) is 2.57. The third-order valence-corrected chi connectivity index (χ3v) is 2.44. The molecule has 86 valence electrons. The van der Waals surface area contributed by atoms with Gasteiger partial charge in [-0.2, -0.15) is 0 Å². The monoisotopic (exact) mass is 287 g/mol. The molecule has 0 aromatic heterocycles. The molecule has 5 nitrogen and oxygen atoms in total. The Kier molecular flexibility index (Phi) is 4.00. The van der Waals surface area contributed by atoms with Crippen LogP contribution in [0.3, 0.4) is 0 Å². The number of halogens is 1. The molecular weight excluding hydrogens is 278 g/mol. The van der Waals surface area contributed by atoms with Crippen molar-refractivity contribution in [2.24, 2.45) is 0 Å². The highest BCUT2D eigenvalue weighted by molar-refractivity contribution is 9.10. The number of carbonyl (C=O) groups excluding carboxylic acids is 1. The molecule has 6 heteroatoms. The predicted molar refractivity (Wildman–Crippen MR) is 62.4 cm³/mol. The van der Waals surface area contributed by atoms with Crippen LogP contribution in [0.5, 0.6) is 5.75 Å². The van der Waals surface area contributed by atoms with Crippen LogP contribution in [0.25, 0.3) is 0 Å². The average Bonchev–Trinajstić information content (AvgIpc) is 2.26. The number of alkyl halides is 1. The summed E-state index contributed by atoms with van der Waals surface area (Å²) in [6.07, 6.45) is 0. The van der Waals surface area contributed by atoms with Gasteiger partial charge in [-0.3, -0.25) is 14.9 Å². The van der Waals surface area contributed by atoms with Gasteiger partial charge in [0.05, 0.1) is 16.9 Å². The normalized spacial score (nSPS) is 11.9. The second-order valence-electron chi connectivity index (χ2n) is 3.12. The molecule has 0 aliphatic rings. The van der Waals surface area contributed by atoms with Crippen molar-refractivity contribution >= 4 is 27.4 Å². The van der Waals surface area contributed by atoms with Gasteiger partial charge in [0.15, 0.2) is 11.5 Å². The number of nitro benzene ring substituents is 1. The SMILES string of the molecule is COc1ccc(C(=O)C(C)Br)cc1[N+](=O)[O-]. The number of nitro groups is 1. The van der Waals surface area contributed by atoms with Gasteiger partial charge in [0, 0.05) is 11.6 Å². The summed E-state index contributed by atoms with van der Waals surface area (Å²) in [5.74, 6) is -0.0606. The molecule has 0 spiro atoms. The highest BCUT2D eigenvalue weighted by Crippen LogP contribution is 2.28. The Bertz CT molecular complexity index is 431. The maximum Gasteiger partial charge on any atom is 0.311 e. The van der Waals surface area contributed by atoms with E-state index in [2.05, 4.69) is 15.9 Å². The summed E-state index contributed by atoms with van der Waals surface area (Å²) in [5, 5.41) is 10.7. The molecule has 0 fully saturated rings. The van der Waals surface area contributed by atoms with Gasteiger partial charge in [0.2, 0.25) is 0 Å². The van der Waals surface area contributed by atoms with E-state index in [-0.39, 0.29) is 27.6 Å². The standard InChI is InChI=1S/C10H10BrNO4/c1-6(11)10(13)7-3-4-9(16-2)8(5-7)12(14)15/h3-6H,1-2H3. The van der Waals surface area contributed by atoms with Crippen LogP contribution in [0, 0.1) is 10.1 Å². The molecule has 0 aliphatic carbocycles. The lowest BCUT2D eigenvalue weighted by molar-refractivity contribution is -0.385. The second kappa shape index (κ2) is 5.07. The first-order chi connectivity index (χ1) is 7.47. The molecule has 1 unspecified atom stereocenters. The fraction of sp³-hybridized carbons (Fsp3) is 0.300. The lowest BCUT2D eigenvalue weighted by Crippen LogP contribution is -2.10. The highest BCUT2D eigenvalue weighted by Gasteiger charge is 2.19. The molecule has 1 aromatic carbocycles. The van der Waals surface area contributed by atoms with Crippen LogP contribution in [-0.4, -0.2) is 22.6 Å². The number of carbonyl (C=O) groups is 1. The Balaban J connectivity index is 3.22. The molecule has 0 saturated heterocycles. The van der Waals surface area contributed by atoms with E-state index in [1.807, 2.05) is 0 Å². The third kappa shape index (κ3) is 2.57. The summed E-state index contributed by atoms with van der Waals surface area (Å²) in [4.78, 5) is 21.4. The van der Waals surface area contributed by atoms with E-state index in [9.17, 15) is 14.9 Å². The van der Waals surface area contributed by atoms with Crippen molar-refractivity contribution in [1.29, 1.82) is 0 Å². The zero-order chi connectivity index (χ0) is 12.3. The number of rotatable bonds is 4. The van der Waals surface area contributed by atoms with Gasteiger partial charge in [-0.15, -0.1) is 0 Å². The van der Waals surface area contributed by atoms with Crippen LogP contribution in [0.15, 0.2) is 18.2 Å². The average molecular weight is 288 g/mol. The summed E-state index contributed by atoms with van der Waals surface area (Å²) in [6, 6.07) is 4.14.